The lowest BCUT2D eigenvalue weighted by Gasteiger charge is -2.08. The van der Waals surface area contributed by atoms with Gasteiger partial charge in [0.15, 0.2) is 0 Å². The minimum absolute atomic E-state index is 0.104. The van der Waals surface area contributed by atoms with E-state index in [1.54, 1.807) is 12.1 Å². The van der Waals surface area contributed by atoms with Gasteiger partial charge in [0.1, 0.15) is 0 Å². The van der Waals surface area contributed by atoms with Crippen molar-refractivity contribution >= 4 is 34.9 Å². The molecule has 6 heteroatoms. The van der Waals surface area contributed by atoms with Gasteiger partial charge in [-0.15, -0.1) is 0 Å². The SMILES string of the molecule is O=C1NC(=O)C(=Cc2ccc(-c3cccc(C(=O)NCCc4ccccc4)c3)cc2)S1. The molecule has 0 spiro atoms. The van der Waals surface area contributed by atoms with E-state index < -0.39 is 0 Å². The number of carbonyl (C=O) groups excluding carboxylic acids is 3. The predicted octanol–water partition coefficient (Wildman–Crippen LogP) is 4.65. The Morgan fingerprint density at radius 2 is 1.68 bits per heavy atom. The second-order valence-corrected chi connectivity index (χ2v) is 8.06. The van der Waals surface area contributed by atoms with Crippen molar-refractivity contribution in [1.29, 1.82) is 0 Å². The molecule has 1 fully saturated rings. The topological polar surface area (TPSA) is 75.3 Å². The third-order valence-electron chi connectivity index (χ3n) is 4.85. The van der Waals surface area contributed by atoms with Crippen molar-refractivity contribution in [1.82, 2.24) is 10.6 Å². The van der Waals surface area contributed by atoms with Gasteiger partial charge in [0, 0.05) is 12.1 Å². The maximum atomic E-state index is 12.5. The summed E-state index contributed by atoms with van der Waals surface area (Å²) < 4.78 is 0. The molecule has 5 nitrogen and oxygen atoms in total. The van der Waals surface area contributed by atoms with Gasteiger partial charge in [-0.05, 0) is 58.6 Å². The van der Waals surface area contributed by atoms with Crippen LogP contribution in [0.25, 0.3) is 17.2 Å². The normalized spacial score (nSPS) is 14.5. The highest BCUT2D eigenvalue weighted by atomic mass is 32.2. The second kappa shape index (κ2) is 9.45. The molecule has 1 heterocycles. The zero-order valence-electron chi connectivity index (χ0n) is 16.6. The van der Waals surface area contributed by atoms with Crippen LogP contribution in [-0.2, 0) is 11.2 Å². The molecule has 0 radical (unpaired) electrons. The first-order valence-corrected chi connectivity index (χ1v) is 10.7. The largest absolute Gasteiger partial charge is 0.352 e. The fraction of sp³-hybridized carbons (Fsp3) is 0.0800. The molecule has 3 aromatic carbocycles. The number of rotatable bonds is 6. The highest BCUT2D eigenvalue weighted by Crippen LogP contribution is 2.27. The minimum Gasteiger partial charge on any atom is -0.352 e. The Morgan fingerprint density at radius 1 is 0.903 bits per heavy atom. The van der Waals surface area contributed by atoms with E-state index in [2.05, 4.69) is 10.6 Å². The van der Waals surface area contributed by atoms with Crippen molar-refractivity contribution in [2.45, 2.75) is 6.42 Å². The highest BCUT2D eigenvalue weighted by molar-refractivity contribution is 8.18. The maximum absolute atomic E-state index is 12.5. The maximum Gasteiger partial charge on any atom is 0.290 e. The number of benzene rings is 3. The van der Waals surface area contributed by atoms with Gasteiger partial charge in [-0.1, -0.05) is 66.7 Å². The molecule has 1 saturated heterocycles. The number of hydrogen-bond donors (Lipinski definition) is 2. The Morgan fingerprint density at radius 3 is 2.39 bits per heavy atom. The molecule has 3 aromatic rings. The lowest BCUT2D eigenvalue weighted by Crippen LogP contribution is -2.25. The van der Waals surface area contributed by atoms with Gasteiger partial charge < -0.3 is 5.32 Å². The first-order valence-electron chi connectivity index (χ1n) is 9.86. The van der Waals surface area contributed by atoms with E-state index in [1.165, 1.54) is 5.56 Å². The molecule has 154 valence electrons. The standard InChI is InChI=1S/C25H20N2O3S/c28-23(26-14-13-17-5-2-1-3-6-17)21-8-4-7-20(16-21)19-11-9-18(10-12-19)15-22-24(29)27-25(30)31-22/h1-12,15-16H,13-14H2,(H,26,28)(H,27,29,30). The molecule has 31 heavy (non-hydrogen) atoms. The van der Waals surface area contributed by atoms with Crippen LogP contribution in [0.2, 0.25) is 0 Å². The van der Waals surface area contributed by atoms with Gasteiger partial charge in [0.05, 0.1) is 4.91 Å². The van der Waals surface area contributed by atoms with Gasteiger partial charge >= 0.3 is 0 Å². The molecule has 2 N–H and O–H groups in total. The summed E-state index contributed by atoms with van der Waals surface area (Å²) in [5.41, 5.74) is 4.50. The van der Waals surface area contributed by atoms with Crippen LogP contribution >= 0.6 is 11.8 Å². The van der Waals surface area contributed by atoms with Crippen LogP contribution in [0.1, 0.15) is 21.5 Å². The van der Waals surface area contributed by atoms with Crippen molar-refractivity contribution in [3.05, 3.63) is 100 Å². The highest BCUT2D eigenvalue weighted by Gasteiger charge is 2.24. The Kier molecular flexibility index (Phi) is 6.29. The van der Waals surface area contributed by atoms with Gasteiger partial charge in [-0.25, -0.2) is 0 Å². The van der Waals surface area contributed by atoms with E-state index in [9.17, 15) is 14.4 Å². The van der Waals surface area contributed by atoms with Crippen LogP contribution in [0.5, 0.6) is 0 Å². The molecule has 0 aliphatic carbocycles. The molecule has 0 aromatic heterocycles. The second-order valence-electron chi connectivity index (χ2n) is 7.05. The summed E-state index contributed by atoms with van der Waals surface area (Å²) in [5, 5.41) is 4.86. The van der Waals surface area contributed by atoms with Crippen LogP contribution in [0.4, 0.5) is 4.79 Å². The molecule has 4 rings (SSSR count). The zero-order valence-corrected chi connectivity index (χ0v) is 17.4. The van der Waals surface area contributed by atoms with Gasteiger partial charge in [0.25, 0.3) is 17.1 Å². The van der Waals surface area contributed by atoms with Crippen LogP contribution in [0.3, 0.4) is 0 Å². The summed E-state index contributed by atoms with van der Waals surface area (Å²) in [7, 11) is 0. The van der Waals surface area contributed by atoms with Gasteiger partial charge in [-0.2, -0.15) is 0 Å². The zero-order chi connectivity index (χ0) is 21.6. The molecular formula is C25H20N2O3S. The Balaban J connectivity index is 1.41. The Labute approximate surface area is 184 Å². The van der Waals surface area contributed by atoms with E-state index >= 15 is 0 Å². The Bertz CT molecular complexity index is 1150. The average Bonchev–Trinajstić information content (AvgIpc) is 3.11. The van der Waals surface area contributed by atoms with Crippen LogP contribution in [0.15, 0.2) is 83.8 Å². The first kappa shape index (κ1) is 20.6. The fourth-order valence-corrected chi connectivity index (χ4v) is 3.93. The van der Waals surface area contributed by atoms with Crippen LogP contribution in [0, 0.1) is 0 Å². The average molecular weight is 429 g/mol. The van der Waals surface area contributed by atoms with Crippen LogP contribution < -0.4 is 10.6 Å². The van der Waals surface area contributed by atoms with E-state index in [0.29, 0.717) is 17.0 Å². The van der Waals surface area contributed by atoms with Gasteiger partial charge in [-0.3, -0.25) is 19.7 Å². The molecule has 0 atom stereocenters. The smallest absolute Gasteiger partial charge is 0.290 e. The van der Waals surface area contributed by atoms with Gasteiger partial charge in [0.2, 0.25) is 0 Å². The molecule has 1 aliphatic rings. The summed E-state index contributed by atoms with van der Waals surface area (Å²) >= 11 is 0.896. The van der Waals surface area contributed by atoms with Crippen LogP contribution in [-0.4, -0.2) is 23.6 Å². The molecular weight excluding hydrogens is 408 g/mol. The monoisotopic (exact) mass is 428 g/mol. The van der Waals surface area contributed by atoms with Crippen molar-refractivity contribution in [2.75, 3.05) is 6.54 Å². The molecule has 0 unspecified atom stereocenters. The summed E-state index contributed by atoms with van der Waals surface area (Å²) in [6, 6.07) is 25.1. The van der Waals surface area contributed by atoms with E-state index in [4.69, 9.17) is 0 Å². The number of imide groups is 1. The fourth-order valence-electron chi connectivity index (χ4n) is 3.25. The predicted molar refractivity (Wildman–Crippen MR) is 123 cm³/mol. The van der Waals surface area contributed by atoms with Crippen molar-refractivity contribution in [3.8, 4) is 11.1 Å². The lowest BCUT2D eigenvalue weighted by molar-refractivity contribution is -0.115. The summed E-state index contributed by atoms with van der Waals surface area (Å²) in [4.78, 5) is 35.9. The quantitative estimate of drug-likeness (QED) is 0.561. The summed E-state index contributed by atoms with van der Waals surface area (Å²) in [6.45, 7) is 0.574. The van der Waals surface area contributed by atoms with E-state index in [1.807, 2.05) is 72.8 Å². The molecule has 3 amide bonds. The Hall–Kier alpha value is -3.64. The molecule has 0 bridgehead atoms. The number of amides is 3. The molecule has 0 saturated carbocycles. The van der Waals surface area contributed by atoms with E-state index in [0.717, 1.165) is 34.9 Å². The number of carbonyl (C=O) groups is 3. The molecule has 1 aliphatic heterocycles. The van der Waals surface area contributed by atoms with Crippen molar-refractivity contribution < 1.29 is 14.4 Å². The number of thioether (sulfide) groups is 1. The van der Waals surface area contributed by atoms with E-state index in [-0.39, 0.29) is 17.1 Å². The lowest BCUT2D eigenvalue weighted by atomic mass is 10.0. The number of nitrogens with one attached hydrogen (secondary N) is 2. The third kappa shape index (κ3) is 5.29. The van der Waals surface area contributed by atoms with Crippen molar-refractivity contribution in [2.24, 2.45) is 0 Å². The summed E-state index contributed by atoms with van der Waals surface area (Å²) in [6.07, 6.45) is 2.47. The third-order valence-corrected chi connectivity index (χ3v) is 5.66. The summed E-state index contributed by atoms with van der Waals surface area (Å²) in [5.74, 6) is -0.474. The number of hydrogen-bond acceptors (Lipinski definition) is 4. The first-order chi connectivity index (χ1) is 15.1. The minimum atomic E-state index is -0.370. The van der Waals surface area contributed by atoms with Crippen molar-refractivity contribution in [3.63, 3.8) is 0 Å².